The van der Waals surface area contributed by atoms with Gasteiger partial charge in [0.2, 0.25) is 20.0 Å². The van der Waals surface area contributed by atoms with E-state index in [4.69, 9.17) is 0 Å². The molecule has 0 aromatic heterocycles. The molecule has 3 N–H and O–H groups in total. The number of sulfonamides is 2. The van der Waals surface area contributed by atoms with Crippen LogP contribution in [0.4, 0.5) is 0 Å². The Bertz CT molecular complexity index is 885. The lowest BCUT2D eigenvalue weighted by atomic mass is 9.98. The number of piperidine rings is 1. The van der Waals surface area contributed by atoms with Gasteiger partial charge in [0, 0.05) is 38.8 Å². The summed E-state index contributed by atoms with van der Waals surface area (Å²) in [5, 5.41) is 24.3. The molecule has 0 bridgehead atoms. The summed E-state index contributed by atoms with van der Waals surface area (Å²) in [6.45, 7) is 0.430. The lowest BCUT2D eigenvalue weighted by Gasteiger charge is -2.33. The number of β-amino-alcohol motifs (C(OH)–C–C–N with tert-alkyl or cyclic N) is 2. The van der Waals surface area contributed by atoms with Crippen LogP contribution in [0.25, 0.3) is 0 Å². The summed E-state index contributed by atoms with van der Waals surface area (Å²) in [6.07, 6.45) is 1.14. The van der Waals surface area contributed by atoms with Crippen molar-refractivity contribution in [2.45, 2.75) is 35.5 Å². The fraction of sp³-hybridized carbons (Fsp3) is 0.647. The standard InChI is InChI=1S/C17H27N3O6S2/c1-27(23,24)19-9-7-14(8-10-19)18-12-17(22)13-20(11-16(17)21)28(25,26)15-5-3-2-4-6-15/h2-6,14,16,18,21-22H,7-13H2,1H3/t16-,17+/m1/s1. The van der Waals surface area contributed by atoms with Crippen LogP contribution < -0.4 is 5.32 Å². The number of aliphatic hydroxyl groups is 2. The summed E-state index contributed by atoms with van der Waals surface area (Å²) >= 11 is 0. The van der Waals surface area contributed by atoms with Gasteiger partial charge >= 0.3 is 0 Å². The fourth-order valence-electron chi connectivity index (χ4n) is 3.65. The van der Waals surface area contributed by atoms with Crippen molar-refractivity contribution in [1.82, 2.24) is 13.9 Å². The predicted molar refractivity (Wildman–Crippen MR) is 104 cm³/mol. The first kappa shape index (κ1) is 21.6. The molecule has 0 amide bonds. The number of hydrogen-bond donors (Lipinski definition) is 3. The van der Waals surface area contributed by atoms with E-state index in [0.29, 0.717) is 25.9 Å². The van der Waals surface area contributed by atoms with E-state index in [1.165, 1.54) is 22.7 Å². The van der Waals surface area contributed by atoms with E-state index in [1.807, 2.05) is 0 Å². The van der Waals surface area contributed by atoms with Gasteiger partial charge in [0.15, 0.2) is 0 Å². The Hall–Kier alpha value is -1.08. The maximum absolute atomic E-state index is 12.7. The number of aliphatic hydroxyl groups excluding tert-OH is 1. The summed E-state index contributed by atoms with van der Waals surface area (Å²) in [5.74, 6) is 0. The SMILES string of the molecule is CS(=O)(=O)N1CCC(NC[C@]2(O)CN(S(=O)(=O)c3ccccc3)C[C@H]2O)CC1. The van der Waals surface area contributed by atoms with Crippen LogP contribution in [0.5, 0.6) is 0 Å². The van der Waals surface area contributed by atoms with Crippen molar-refractivity contribution in [3.63, 3.8) is 0 Å². The maximum Gasteiger partial charge on any atom is 0.243 e. The first-order chi connectivity index (χ1) is 13.0. The molecule has 2 fully saturated rings. The van der Waals surface area contributed by atoms with Gasteiger partial charge in [0.1, 0.15) is 5.60 Å². The van der Waals surface area contributed by atoms with Gasteiger partial charge in [-0.2, -0.15) is 4.31 Å². The van der Waals surface area contributed by atoms with Crippen molar-refractivity contribution in [3.05, 3.63) is 30.3 Å². The van der Waals surface area contributed by atoms with Crippen LogP contribution in [0.15, 0.2) is 35.2 Å². The molecule has 0 saturated carbocycles. The van der Waals surface area contributed by atoms with Gasteiger partial charge in [0.05, 0.1) is 17.3 Å². The van der Waals surface area contributed by atoms with Crippen LogP contribution in [0.2, 0.25) is 0 Å². The van der Waals surface area contributed by atoms with Crippen molar-refractivity contribution in [2.75, 3.05) is 39.0 Å². The van der Waals surface area contributed by atoms with E-state index in [0.717, 1.165) is 4.31 Å². The van der Waals surface area contributed by atoms with Crippen LogP contribution in [0.1, 0.15) is 12.8 Å². The highest BCUT2D eigenvalue weighted by Crippen LogP contribution is 2.28. The first-order valence-electron chi connectivity index (χ1n) is 9.16. The number of hydrogen-bond acceptors (Lipinski definition) is 7. The Labute approximate surface area is 166 Å². The molecule has 2 atom stereocenters. The number of benzene rings is 1. The third kappa shape index (κ3) is 4.56. The molecule has 1 aromatic rings. The van der Waals surface area contributed by atoms with Gasteiger partial charge in [-0.15, -0.1) is 0 Å². The van der Waals surface area contributed by atoms with Gasteiger partial charge in [-0.3, -0.25) is 0 Å². The summed E-state index contributed by atoms with van der Waals surface area (Å²) in [6, 6.07) is 7.91. The normalized spacial score (nSPS) is 28.6. The highest BCUT2D eigenvalue weighted by atomic mass is 32.2. The van der Waals surface area contributed by atoms with Crippen LogP contribution in [-0.4, -0.2) is 92.4 Å². The minimum absolute atomic E-state index is 0.00555. The van der Waals surface area contributed by atoms with Crippen LogP contribution in [0, 0.1) is 0 Å². The molecule has 0 aliphatic carbocycles. The minimum Gasteiger partial charge on any atom is -0.389 e. The second kappa shape index (κ2) is 7.98. The highest BCUT2D eigenvalue weighted by molar-refractivity contribution is 7.89. The molecular weight excluding hydrogens is 406 g/mol. The quantitative estimate of drug-likeness (QED) is 0.514. The Morgan fingerprint density at radius 3 is 2.29 bits per heavy atom. The van der Waals surface area contributed by atoms with Gasteiger partial charge in [-0.25, -0.2) is 21.1 Å². The largest absolute Gasteiger partial charge is 0.389 e. The van der Waals surface area contributed by atoms with Gasteiger partial charge < -0.3 is 15.5 Å². The van der Waals surface area contributed by atoms with Crippen molar-refractivity contribution in [2.24, 2.45) is 0 Å². The molecule has 1 aromatic carbocycles. The van der Waals surface area contributed by atoms with E-state index in [1.54, 1.807) is 18.2 Å². The summed E-state index contributed by atoms with van der Waals surface area (Å²) < 4.78 is 51.1. The van der Waals surface area contributed by atoms with Crippen LogP contribution in [-0.2, 0) is 20.0 Å². The molecule has 0 radical (unpaired) electrons. The zero-order valence-electron chi connectivity index (χ0n) is 15.7. The van der Waals surface area contributed by atoms with Crippen molar-refractivity contribution >= 4 is 20.0 Å². The Morgan fingerprint density at radius 2 is 1.71 bits per heavy atom. The van der Waals surface area contributed by atoms with Crippen LogP contribution >= 0.6 is 0 Å². The lowest BCUT2D eigenvalue weighted by molar-refractivity contribution is -0.0405. The molecule has 2 aliphatic heterocycles. The average Bonchev–Trinajstić information content (AvgIpc) is 2.96. The van der Waals surface area contributed by atoms with Gasteiger partial charge in [-0.05, 0) is 25.0 Å². The van der Waals surface area contributed by atoms with Crippen molar-refractivity contribution < 1.29 is 27.0 Å². The molecule has 9 nitrogen and oxygen atoms in total. The smallest absolute Gasteiger partial charge is 0.243 e. The molecule has 11 heteroatoms. The van der Waals surface area contributed by atoms with E-state index >= 15 is 0 Å². The van der Waals surface area contributed by atoms with Gasteiger partial charge in [-0.1, -0.05) is 18.2 Å². The van der Waals surface area contributed by atoms with Crippen molar-refractivity contribution in [3.8, 4) is 0 Å². The number of nitrogens with zero attached hydrogens (tertiary/aromatic N) is 2. The molecular formula is C17H27N3O6S2. The molecule has 2 aliphatic rings. The molecule has 0 spiro atoms. The van der Waals surface area contributed by atoms with E-state index in [9.17, 15) is 27.0 Å². The summed E-state index contributed by atoms with van der Waals surface area (Å²) in [5.41, 5.74) is -1.60. The lowest BCUT2D eigenvalue weighted by Crippen LogP contribution is -2.54. The monoisotopic (exact) mass is 433 g/mol. The molecule has 28 heavy (non-hydrogen) atoms. The van der Waals surface area contributed by atoms with E-state index in [2.05, 4.69) is 5.32 Å². The zero-order valence-corrected chi connectivity index (χ0v) is 17.4. The average molecular weight is 434 g/mol. The van der Waals surface area contributed by atoms with Gasteiger partial charge in [0.25, 0.3) is 0 Å². The molecule has 2 heterocycles. The second-order valence-electron chi connectivity index (χ2n) is 7.55. The highest BCUT2D eigenvalue weighted by Gasteiger charge is 2.48. The predicted octanol–water partition coefficient (Wildman–Crippen LogP) is -1.20. The maximum atomic E-state index is 12.7. The zero-order chi connectivity index (χ0) is 20.6. The Kier molecular flexibility index (Phi) is 6.16. The molecule has 158 valence electrons. The fourth-order valence-corrected chi connectivity index (χ4v) is 6.05. The Morgan fingerprint density at radius 1 is 1.11 bits per heavy atom. The van der Waals surface area contributed by atoms with Crippen LogP contribution in [0.3, 0.4) is 0 Å². The molecule has 2 saturated heterocycles. The second-order valence-corrected chi connectivity index (χ2v) is 11.5. The summed E-state index contributed by atoms with van der Waals surface area (Å²) in [7, 11) is -7.01. The third-order valence-corrected chi connectivity index (χ3v) is 8.58. The minimum atomic E-state index is -3.80. The van der Waals surface area contributed by atoms with Crippen molar-refractivity contribution in [1.29, 1.82) is 0 Å². The number of nitrogens with one attached hydrogen (secondary N) is 1. The summed E-state index contributed by atoms with van der Waals surface area (Å²) in [4.78, 5) is 0.118. The van der Waals surface area contributed by atoms with E-state index in [-0.39, 0.29) is 30.6 Å². The molecule has 0 unspecified atom stereocenters. The first-order valence-corrected chi connectivity index (χ1v) is 12.5. The number of rotatable bonds is 6. The topological polar surface area (TPSA) is 127 Å². The van der Waals surface area contributed by atoms with E-state index < -0.39 is 31.8 Å². The third-order valence-electron chi connectivity index (χ3n) is 5.45. The Balaban J connectivity index is 1.59. The molecule has 3 rings (SSSR count).